The molecule has 0 rings (SSSR count). The van der Waals surface area contributed by atoms with Crippen molar-refractivity contribution in [2.75, 3.05) is 72.5 Å². The number of ether oxygens (including phenoxy) is 4. The molecule has 0 aromatic rings. The molecule has 0 spiro atoms. The van der Waals surface area contributed by atoms with Gasteiger partial charge >= 0.3 is 23.9 Å². The highest BCUT2D eigenvalue weighted by Crippen LogP contribution is 2.10. The van der Waals surface area contributed by atoms with Gasteiger partial charge in [0.25, 0.3) is 0 Å². The van der Waals surface area contributed by atoms with Gasteiger partial charge in [-0.3, -0.25) is 33.6 Å². The van der Waals surface area contributed by atoms with Crippen LogP contribution in [-0.4, -0.2) is 171 Å². The normalized spacial score (nSPS) is 12.0. The molecule has 0 bridgehead atoms. The van der Waals surface area contributed by atoms with Gasteiger partial charge in [0.1, 0.15) is 37.6 Å². The Labute approximate surface area is 391 Å². The Balaban J connectivity index is 0. The predicted molar refractivity (Wildman–Crippen MR) is 240 cm³/mol. The fourth-order valence-corrected chi connectivity index (χ4v) is 5.47. The van der Waals surface area contributed by atoms with Crippen LogP contribution in [0.1, 0.15) is 122 Å². The SMILES string of the molecule is CCCCNC(=O)CC[C@H](NC(=O)CCC(NC(=O)COCCOCCNC(=O)COCCOCCNC(=O)CC[C@H](N)C(=O)O)C(=O)O)C(=O)O.O=CCCCCCCCCCCC(=O)O. The van der Waals surface area contributed by atoms with E-state index >= 15 is 0 Å². The van der Waals surface area contributed by atoms with E-state index in [-0.39, 0.29) is 103 Å². The van der Waals surface area contributed by atoms with Crippen LogP contribution in [0.25, 0.3) is 0 Å². The zero-order valence-corrected chi connectivity index (χ0v) is 38.9. The molecule has 0 radical (unpaired) electrons. The van der Waals surface area contributed by atoms with Gasteiger partial charge in [0.05, 0.1) is 39.6 Å². The number of carbonyl (C=O) groups excluding carboxylic acids is 6. The Bertz CT molecular complexity index is 1440. The zero-order chi connectivity index (χ0) is 50.5. The van der Waals surface area contributed by atoms with Gasteiger partial charge in [0, 0.05) is 51.7 Å². The molecule has 0 aliphatic carbocycles. The lowest BCUT2D eigenvalue weighted by atomic mass is 10.1. The van der Waals surface area contributed by atoms with Crippen LogP contribution < -0.4 is 32.3 Å². The summed E-state index contributed by atoms with van der Waals surface area (Å²) >= 11 is 0. The molecular formula is C43H76N6O18. The first kappa shape index (κ1) is 63.8. The molecule has 1 unspecified atom stereocenters. The van der Waals surface area contributed by atoms with Crippen LogP contribution in [0.4, 0.5) is 0 Å². The maximum atomic E-state index is 12.3. The van der Waals surface area contributed by atoms with Crippen molar-refractivity contribution in [3.05, 3.63) is 0 Å². The van der Waals surface area contributed by atoms with Gasteiger partial charge < -0.3 is 76.5 Å². The van der Waals surface area contributed by atoms with Crippen LogP contribution in [0.15, 0.2) is 0 Å². The van der Waals surface area contributed by atoms with Crippen LogP contribution in [-0.2, 0) is 66.9 Å². The van der Waals surface area contributed by atoms with E-state index in [0.717, 1.165) is 51.2 Å². The molecule has 386 valence electrons. The molecule has 0 saturated carbocycles. The lowest BCUT2D eigenvalue weighted by Gasteiger charge is -2.17. The molecule has 5 amide bonds. The molecule has 0 heterocycles. The fourth-order valence-electron chi connectivity index (χ4n) is 5.47. The van der Waals surface area contributed by atoms with Crippen molar-refractivity contribution < 1.29 is 87.3 Å². The number of aliphatic carboxylic acids is 4. The molecule has 0 aliphatic heterocycles. The van der Waals surface area contributed by atoms with Gasteiger partial charge in [0.2, 0.25) is 29.5 Å². The summed E-state index contributed by atoms with van der Waals surface area (Å²) < 4.78 is 20.9. The van der Waals surface area contributed by atoms with Crippen molar-refractivity contribution in [2.45, 2.75) is 141 Å². The number of nitrogens with one attached hydrogen (secondary N) is 5. The van der Waals surface area contributed by atoms with Crippen molar-refractivity contribution in [3.8, 4) is 0 Å². The van der Waals surface area contributed by atoms with E-state index in [1.54, 1.807) is 0 Å². The minimum absolute atomic E-state index is 0.0135. The summed E-state index contributed by atoms with van der Waals surface area (Å²) in [4.78, 5) is 113. The van der Waals surface area contributed by atoms with Crippen LogP contribution in [0.3, 0.4) is 0 Å². The van der Waals surface area contributed by atoms with Crippen LogP contribution in [0.2, 0.25) is 0 Å². The quantitative estimate of drug-likeness (QED) is 0.0289. The smallest absolute Gasteiger partial charge is 0.326 e. The molecule has 67 heavy (non-hydrogen) atoms. The standard InChI is InChI=1S/C31H54N6O15.C12H22O3/c1-2-3-10-33-25(39)8-5-22(30(45)46)36-26(40)9-6-23(31(47)48)37-28(42)20-52-18-16-50-14-12-35-27(41)19-51-17-15-49-13-11-34-24(38)7-4-21(32)29(43)44;13-11-9-7-5-3-1-2-4-6-8-10-12(14)15/h21-23H,2-20,32H2,1H3,(H,33,39)(H,34,38)(H,35,41)(H,36,40)(H,37,42)(H,43,44)(H,45,46)(H,47,48);11H,1-10H2,(H,14,15)/t21-,22-,23?;/m0./s1. The monoisotopic (exact) mass is 965 g/mol. The van der Waals surface area contributed by atoms with E-state index < -0.39 is 72.8 Å². The molecule has 0 saturated heterocycles. The number of carbonyl (C=O) groups is 10. The van der Waals surface area contributed by atoms with Gasteiger partial charge in [-0.05, 0) is 38.5 Å². The second-order valence-corrected chi connectivity index (χ2v) is 15.1. The Morgan fingerprint density at radius 3 is 1.40 bits per heavy atom. The molecular weight excluding hydrogens is 888 g/mol. The Morgan fingerprint density at radius 2 is 0.910 bits per heavy atom. The predicted octanol–water partition coefficient (Wildman–Crippen LogP) is 0.264. The average Bonchev–Trinajstić information content (AvgIpc) is 3.27. The molecule has 0 aliphatic rings. The van der Waals surface area contributed by atoms with E-state index in [1.807, 2.05) is 6.92 Å². The third-order valence-electron chi connectivity index (χ3n) is 9.25. The second kappa shape index (κ2) is 44.5. The minimum Gasteiger partial charge on any atom is -0.481 e. The maximum Gasteiger partial charge on any atom is 0.326 e. The summed E-state index contributed by atoms with van der Waals surface area (Å²) in [6.07, 6.45) is 11.4. The Morgan fingerprint density at radius 1 is 0.478 bits per heavy atom. The molecule has 0 fully saturated rings. The summed E-state index contributed by atoms with van der Waals surface area (Å²) in [7, 11) is 0. The van der Waals surface area contributed by atoms with Gasteiger partial charge in [-0.2, -0.15) is 0 Å². The fraction of sp³-hybridized carbons (Fsp3) is 0.767. The van der Waals surface area contributed by atoms with Crippen molar-refractivity contribution in [3.63, 3.8) is 0 Å². The molecule has 24 nitrogen and oxygen atoms in total. The highest BCUT2D eigenvalue weighted by molar-refractivity contribution is 5.87. The Hall–Kier alpha value is -5.30. The van der Waals surface area contributed by atoms with Crippen molar-refractivity contribution >= 4 is 59.7 Å². The largest absolute Gasteiger partial charge is 0.481 e. The van der Waals surface area contributed by atoms with Gasteiger partial charge in [-0.15, -0.1) is 0 Å². The van der Waals surface area contributed by atoms with Crippen LogP contribution in [0, 0.1) is 0 Å². The van der Waals surface area contributed by atoms with Gasteiger partial charge in [-0.25, -0.2) is 9.59 Å². The first-order chi connectivity index (χ1) is 32.0. The summed E-state index contributed by atoms with van der Waals surface area (Å²) in [5.74, 6) is -7.19. The molecule has 11 N–H and O–H groups in total. The number of carboxylic acids is 4. The summed E-state index contributed by atoms with van der Waals surface area (Å²) in [5.41, 5.74) is 5.33. The van der Waals surface area contributed by atoms with Crippen LogP contribution in [0.5, 0.6) is 0 Å². The average molecular weight is 965 g/mol. The maximum absolute atomic E-state index is 12.3. The van der Waals surface area contributed by atoms with E-state index in [2.05, 4.69) is 26.6 Å². The van der Waals surface area contributed by atoms with E-state index in [4.69, 9.17) is 34.9 Å². The number of carboxylic acid groups (broad SMARTS) is 4. The first-order valence-corrected chi connectivity index (χ1v) is 22.8. The third-order valence-corrected chi connectivity index (χ3v) is 9.25. The van der Waals surface area contributed by atoms with E-state index in [9.17, 15) is 58.2 Å². The molecule has 0 aromatic carbocycles. The highest BCUT2D eigenvalue weighted by atomic mass is 16.5. The van der Waals surface area contributed by atoms with Gasteiger partial charge in [-0.1, -0.05) is 51.9 Å². The third kappa shape index (κ3) is 44.3. The van der Waals surface area contributed by atoms with Gasteiger partial charge in [0.15, 0.2) is 0 Å². The minimum atomic E-state index is -1.44. The first-order valence-electron chi connectivity index (χ1n) is 22.8. The summed E-state index contributed by atoms with van der Waals surface area (Å²) in [5, 5.41) is 48.1. The number of hydrogen-bond acceptors (Lipinski definition) is 15. The second-order valence-electron chi connectivity index (χ2n) is 15.1. The van der Waals surface area contributed by atoms with Crippen LogP contribution >= 0.6 is 0 Å². The highest BCUT2D eigenvalue weighted by Gasteiger charge is 2.24. The molecule has 24 heteroatoms. The lowest BCUT2D eigenvalue weighted by Crippen LogP contribution is -2.45. The molecule has 0 aromatic heterocycles. The number of aldehydes is 1. The number of unbranched alkanes of at least 4 members (excludes halogenated alkanes) is 9. The van der Waals surface area contributed by atoms with Crippen molar-refractivity contribution in [1.29, 1.82) is 0 Å². The zero-order valence-electron chi connectivity index (χ0n) is 38.9. The summed E-state index contributed by atoms with van der Waals surface area (Å²) in [6, 6.07) is -3.87. The summed E-state index contributed by atoms with van der Waals surface area (Å²) in [6.45, 7) is 2.81. The topological polar surface area (TPSA) is 375 Å². The molecule has 3 atom stereocenters. The number of rotatable bonds is 44. The number of nitrogens with two attached hydrogens (primary N) is 1. The van der Waals surface area contributed by atoms with E-state index in [1.165, 1.54) is 19.3 Å². The Kier molecular flexibility index (Phi) is 42.4. The van der Waals surface area contributed by atoms with E-state index in [0.29, 0.717) is 19.4 Å². The van der Waals surface area contributed by atoms with Crippen molar-refractivity contribution in [1.82, 2.24) is 26.6 Å². The number of hydrogen-bond donors (Lipinski definition) is 10. The lowest BCUT2D eigenvalue weighted by molar-refractivity contribution is -0.144. The van der Waals surface area contributed by atoms with Crippen molar-refractivity contribution in [2.24, 2.45) is 5.73 Å². The number of amides is 5.